The standard InChI is InChI=1S/C6H4F3NO2/c7-6(8,9)4-1-3(11)2-5(12)10-4/h1-2H,(H2,10,11,12). The van der Waals surface area contributed by atoms with E-state index in [1.165, 1.54) is 0 Å². The van der Waals surface area contributed by atoms with Crippen LogP contribution in [0.4, 0.5) is 13.2 Å². The fourth-order valence-electron chi connectivity index (χ4n) is 0.681. The van der Waals surface area contributed by atoms with Crippen LogP contribution in [-0.2, 0) is 6.18 Å². The lowest BCUT2D eigenvalue weighted by Gasteiger charge is -2.05. The molecule has 0 aromatic carbocycles. The van der Waals surface area contributed by atoms with Crippen LogP contribution in [0.3, 0.4) is 0 Å². The minimum Gasteiger partial charge on any atom is -0.508 e. The van der Waals surface area contributed by atoms with Crippen molar-refractivity contribution in [2.75, 3.05) is 0 Å². The van der Waals surface area contributed by atoms with Gasteiger partial charge in [-0.3, -0.25) is 4.79 Å². The van der Waals surface area contributed by atoms with E-state index in [0.29, 0.717) is 12.1 Å². The smallest absolute Gasteiger partial charge is 0.431 e. The molecule has 0 bridgehead atoms. The Morgan fingerprint density at radius 1 is 1.33 bits per heavy atom. The highest BCUT2D eigenvalue weighted by Gasteiger charge is 2.32. The first-order valence-corrected chi connectivity index (χ1v) is 2.90. The van der Waals surface area contributed by atoms with Crippen LogP contribution in [0, 0.1) is 0 Å². The fraction of sp³-hybridized carbons (Fsp3) is 0.167. The quantitative estimate of drug-likeness (QED) is 0.626. The van der Waals surface area contributed by atoms with Crippen molar-refractivity contribution in [2.45, 2.75) is 6.18 Å². The topological polar surface area (TPSA) is 53.1 Å². The van der Waals surface area contributed by atoms with Gasteiger partial charge in [-0.2, -0.15) is 13.2 Å². The number of aromatic amines is 1. The van der Waals surface area contributed by atoms with E-state index in [0.717, 1.165) is 0 Å². The molecule has 0 fully saturated rings. The van der Waals surface area contributed by atoms with Gasteiger partial charge < -0.3 is 10.1 Å². The normalized spacial score (nSPS) is 11.6. The Bertz CT molecular complexity index is 341. The first kappa shape index (κ1) is 8.63. The van der Waals surface area contributed by atoms with E-state index < -0.39 is 23.2 Å². The van der Waals surface area contributed by atoms with E-state index >= 15 is 0 Å². The van der Waals surface area contributed by atoms with Gasteiger partial charge in [-0.15, -0.1) is 0 Å². The first-order chi connectivity index (χ1) is 5.39. The van der Waals surface area contributed by atoms with E-state index in [9.17, 15) is 18.0 Å². The number of hydrogen-bond donors (Lipinski definition) is 2. The van der Waals surface area contributed by atoms with Crippen molar-refractivity contribution in [2.24, 2.45) is 0 Å². The molecule has 12 heavy (non-hydrogen) atoms. The van der Waals surface area contributed by atoms with Crippen molar-refractivity contribution >= 4 is 0 Å². The third-order valence-electron chi connectivity index (χ3n) is 1.13. The second-order valence-electron chi connectivity index (χ2n) is 2.11. The number of aromatic hydroxyl groups is 1. The Kier molecular flexibility index (Phi) is 1.83. The van der Waals surface area contributed by atoms with Gasteiger partial charge in [0.05, 0.1) is 0 Å². The number of alkyl halides is 3. The Hall–Kier alpha value is -1.46. The van der Waals surface area contributed by atoms with E-state index in [-0.39, 0.29) is 0 Å². The molecule has 1 aromatic heterocycles. The van der Waals surface area contributed by atoms with Crippen molar-refractivity contribution in [3.8, 4) is 5.75 Å². The zero-order valence-corrected chi connectivity index (χ0v) is 5.64. The number of rotatable bonds is 0. The summed E-state index contributed by atoms with van der Waals surface area (Å²) in [6.45, 7) is 0. The highest BCUT2D eigenvalue weighted by atomic mass is 19.4. The van der Waals surface area contributed by atoms with Gasteiger partial charge in [0.2, 0.25) is 0 Å². The van der Waals surface area contributed by atoms with E-state index in [1.807, 2.05) is 0 Å². The Morgan fingerprint density at radius 3 is 2.33 bits per heavy atom. The molecule has 66 valence electrons. The lowest BCUT2D eigenvalue weighted by atomic mass is 10.3. The molecule has 1 heterocycles. The van der Waals surface area contributed by atoms with Crippen LogP contribution in [0.2, 0.25) is 0 Å². The van der Waals surface area contributed by atoms with Gasteiger partial charge in [-0.05, 0) is 0 Å². The average Bonchev–Trinajstić information content (AvgIpc) is 1.82. The predicted molar refractivity (Wildman–Crippen MR) is 33.7 cm³/mol. The molecule has 2 N–H and O–H groups in total. The number of pyridine rings is 1. The monoisotopic (exact) mass is 179 g/mol. The van der Waals surface area contributed by atoms with Crippen LogP contribution in [0.15, 0.2) is 16.9 Å². The molecule has 0 atom stereocenters. The van der Waals surface area contributed by atoms with Crippen LogP contribution < -0.4 is 5.56 Å². The minimum absolute atomic E-state index is 0.446. The highest BCUT2D eigenvalue weighted by molar-refractivity contribution is 5.22. The van der Waals surface area contributed by atoms with Gasteiger partial charge >= 0.3 is 6.18 Å². The molecule has 1 rings (SSSR count). The molecule has 0 saturated carbocycles. The van der Waals surface area contributed by atoms with Gasteiger partial charge in [0, 0.05) is 12.1 Å². The number of H-pyrrole nitrogens is 1. The summed E-state index contributed by atoms with van der Waals surface area (Å²) < 4.78 is 35.6. The summed E-state index contributed by atoms with van der Waals surface area (Å²) in [6.07, 6.45) is -4.64. The first-order valence-electron chi connectivity index (χ1n) is 2.90. The molecule has 0 radical (unpaired) electrons. The molecule has 0 aliphatic rings. The SMILES string of the molecule is O=c1cc(O)cc(C(F)(F)F)[nH]1. The third kappa shape index (κ3) is 1.77. The number of halogens is 3. The molecule has 0 unspecified atom stereocenters. The summed E-state index contributed by atoms with van der Waals surface area (Å²) in [5, 5.41) is 8.64. The molecule has 6 heteroatoms. The van der Waals surface area contributed by atoms with E-state index in [4.69, 9.17) is 5.11 Å². The van der Waals surface area contributed by atoms with Crippen LogP contribution in [0.25, 0.3) is 0 Å². The highest BCUT2D eigenvalue weighted by Crippen LogP contribution is 2.27. The molecule has 0 aliphatic carbocycles. The average molecular weight is 179 g/mol. The number of aromatic nitrogens is 1. The van der Waals surface area contributed by atoms with Gasteiger partial charge in [-0.1, -0.05) is 0 Å². The Morgan fingerprint density at radius 2 is 1.92 bits per heavy atom. The van der Waals surface area contributed by atoms with Crippen molar-refractivity contribution in [3.63, 3.8) is 0 Å². The van der Waals surface area contributed by atoms with Crippen molar-refractivity contribution in [3.05, 3.63) is 28.2 Å². The largest absolute Gasteiger partial charge is 0.508 e. The molecule has 0 spiro atoms. The van der Waals surface area contributed by atoms with Crippen LogP contribution in [-0.4, -0.2) is 10.1 Å². The molecule has 0 amide bonds. The summed E-state index contributed by atoms with van der Waals surface area (Å²) in [6, 6.07) is 1.11. The third-order valence-corrected chi connectivity index (χ3v) is 1.13. The maximum atomic E-state index is 11.9. The van der Waals surface area contributed by atoms with Gasteiger partial charge in [-0.25, -0.2) is 0 Å². The predicted octanol–water partition coefficient (Wildman–Crippen LogP) is 1.10. The Labute approximate surface area is 64.5 Å². The van der Waals surface area contributed by atoms with Gasteiger partial charge in [0.1, 0.15) is 11.4 Å². The summed E-state index contributed by atoms with van der Waals surface area (Å²) in [7, 11) is 0. The van der Waals surface area contributed by atoms with E-state index in [2.05, 4.69) is 0 Å². The van der Waals surface area contributed by atoms with Crippen molar-refractivity contribution < 1.29 is 18.3 Å². The molecular formula is C6H4F3NO2. The maximum absolute atomic E-state index is 11.9. The molecule has 3 nitrogen and oxygen atoms in total. The van der Waals surface area contributed by atoms with Crippen LogP contribution >= 0.6 is 0 Å². The van der Waals surface area contributed by atoms with Crippen LogP contribution in [0.1, 0.15) is 5.69 Å². The molecule has 1 aromatic rings. The van der Waals surface area contributed by atoms with E-state index in [1.54, 1.807) is 4.98 Å². The summed E-state index contributed by atoms with van der Waals surface area (Å²) in [5.74, 6) is -0.703. The lowest BCUT2D eigenvalue weighted by Crippen LogP contribution is -2.14. The maximum Gasteiger partial charge on any atom is 0.431 e. The summed E-state index contributed by atoms with van der Waals surface area (Å²) >= 11 is 0. The van der Waals surface area contributed by atoms with Crippen LogP contribution in [0.5, 0.6) is 5.75 Å². The van der Waals surface area contributed by atoms with Gasteiger partial charge in [0.25, 0.3) is 5.56 Å². The summed E-state index contributed by atoms with van der Waals surface area (Å²) in [5.41, 5.74) is -2.24. The molecular weight excluding hydrogens is 175 g/mol. The zero-order chi connectivity index (χ0) is 9.35. The molecule has 0 saturated heterocycles. The second-order valence-corrected chi connectivity index (χ2v) is 2.11. The molecule has 0 aliphatic heterocycles. The van der Waals surface area contributed by atoms with Crippen molar-refractivity contribution in [1.82, 2.24) is 4.98 Å². The number of hydrogen-bond acceptors (Lipinski definition) is 2. The fourth-order valence-corrected chi connectivity index (χ4v) is 0.681. The zero-order valence-electron chi connectivity index (χ0n) is 5.64. The minimum atomic E-state index is -4.64. The lowest BCUT2D eigenvalue weighted by molar-refractivity contribution is -0.141. The van der Waals surface area contributed by atoms with Gasteiger partial charge in [0.15, 0.2) is 0 Å². The number of nitrogens with one attached hydrogen (secondary N) is 1. The Balaban J connectivity index is 3.27. The van der Waals surface area contributed by atoms with Crippen molar-refractivity contribution in [1.29, 1.82) is 0 Å². The summed E-state index contributed by atoms with van der Waals surface area (Å²) in [4.78, 5) is 12.0. The second kappa shape index (κ2) is 2.54.